The molecule has 1 aliphatic rings. The van der Waals surface area contributed by atoms with Crippen molar-refractivity contribution in [1.82, 2.24) is 0 Å². The van der Waals surface area contributed by atoms with E-state index in [-0.39, 0.29) is 23.5 Å². The molecular weight excluding hydrogens is 290 g/mol. The highest BCUT2D eigenvalue weighted by Gasteiger charge is 2.47. The molecule has 1 rings (SSSR count). The van der Waals surface area contributed by atoms with Gasteiger partial charge in [-0.15, -0.1) is 0 Å². The van der Waals surface area contributed by atoms with E-state index in [0.29, 0.717) is 0 Å². The van der Waals surface area contributed by atoms with E-state index in [1.165, 1.54) is 11.1 Å². The van der Waals surface area contributed by atoms with Gasteiger partial charge < -0.3 is 15.2 Å². The van der Waals surface area contributed by atoms with Crippen LogP contribution in [0.4, 0.5) is 4.79 Å². The third-order valence-corrected chi connectivity index (χ3v) is 5.25. The van der Waals surface area contributed by atoms with Gasteiger partial charge in [-0.2, -0.15) is 0 Å². The molecule has 4 heteroatoms. The molecule has 0 heterocycles. The van der Waals surface area contributed by atoms with Gasteiger partial charge in [0, 0.05) is 13.0 Å². The Bertz CT molecular complexity index is 465. The molecule has 0 aliphatic heterocycles. The Morgan fingerprint density at radius 1 is 1.30 bits per heavy atom. The lowest BCUT2D eigenvalue weighted by Gasteiger charge is -2.48. The minimum Gasteiger partial charge on any atom is -0.444 e. The summed E-state index contributed by atoms with van der Waals surface area (Å²) in [5.74, 6) is 0.223. The number of nitrogens with two attached hydrogens (primary N) is 1. The molecule has 1 saturated carbocycles. The monoisotopic (exact) mass is 323 g/mol. The Balaban J connectivity index is 3.10. The Kier molecular flexibility index (Phi) is 7.33. The molecule has 4 nitrogen and oxygen atoms in total. The first-order chi connectivity index (χ1) is 10.7. The second kappa shape index (κ2) is 8.53. The average Bonchev–Trinajstić information content (AvgIpc) is 2.47. The lowest BCUT2D eigenvalue weighted by atomic mass is 9.61. The van der Waals surface area contributed by atoms with Gasteiger partial charge in [0.15, 0.2) is 0 Å². The van der Waals surface area contributed by atoms with Crippen molar-refractivity contribution in [3.63, 3.8) is 0 Å². The molecule has 0 aromatic heterocycles. The number of allylic oxidation sites excluding steroid dienone is 3. The number of carbonyl (C=O) groups is 1. The van der Waals surface area contributed by atoms with Crippen LogP contribution in [0.2, 0.25) is 0 Å². The maximum absolute atomic E-state index is 11.2. The predicted octanol–water partition coefficient (Wildman–Crippen LogP) is 4.59. The number of ether oxygens (including phenoxy) is 2. The molecule has 132 valence electrons. The molecule has 0 saturated heterocycles. The second-order valence-corrected chi connectivity index (χ2v) is 7.16. The minimum absolute atomic E-state index is 0.143. The minimum atomic E-state index is -0.720. The van der Waals surface area contributed by atoms with Crippen molar-refractivity contribution >= 4 is 6.09 Å². The van der Waals surface area contributed by atoms with Crippen molar-refractivity contribution in [1.29, 1.82) is 0 Å². The number of carbonyl (C=O) groups excluding carboxylic acids is 1. The van der Waals surface area contributed by atoms with E-state index < -0.39 is 6.09 Å². The van der Waals surface area contributed by atoms with Crippen LogP contribution in [-0.2, 0) is 9.47 Å². The summed E-state index contributed by atoms with van der Waals surface area (Å²) in [5, 5.41) is 0. The van der Waals surface area contributed by atoms with E-state index in [1.54, 1.807) is 7.11 Å². The standard InChI is InChI=1S/C19H33NO3/c1-7-19(5)12-11-15(23-18(20)21)17(22-6)16(19)14(4)10-8-9-13(2)3/h9-10,15-17H,7-8,11-12H2,1-6H3,(H2,20,21)/b14-10+/t15?,16?,17?,19-/m0/s1. The van der Waals surface area contributed by atoms with E-state index in [4.69, 9.17) is 15.2 Å². The van der Waals surface area contributed by atoms with Crippen molar-refractivity contribution in [2.45, 2.75) is 72.5 Å². The molecular formula is C19H33NO3. The quantitative estimate of drug-likeness (QED) is 0.727. The average molecular weight is 323 g/mol. The summed E-state index contributed by atoms with van der Waals surface area (Å²) in [5.41, 5.74) is 8.00. The Morgan fingerprint density at radius 2 is 1.96 bits per heavy atom. The Hall–Kier alpha value is -1.29. The lowest BCUT2D eigenvalue weighted by molar-refractivity contribution is -0.106. The highest BCUT2D eigenvalue weighted by atomic mass is 16.6. The van der Waals surface area contributed by atoms with E-state index in [0.717, 1.165) is 25.7 Å². The Morgan fingerprint density at radius 3 is 2.43 bits per heavy atom. The van der Waals surface area contributed by atoms with E-state index in [9.17, 15) is 4.79 Å². The molecule has 1 aliphatic carbocycles. The zero-order valence-electron chi connectivity index (χ0n) is 15.5. The topological polar surface area (TPSA) is 61.5 Å². The summed E-state index contributed by atoms with van der Waals surface area (Å²) >= 11 is 0. The van der Waals surface area contributed by atoms with Crippen molar-refractivity contribution in [3.05, 3.63) is 23.3 Å². The number of hydrogen-bond acceptors (Lipinski definition) is 3. The van der Waals surface area contributed by atoms with Crippen LogP contribution in [0.3, 0.4) is 0 Å². The van der Waals surface area contributed by atoms with Crippen molar-refractivity contribution < 1.29 is 14.3 Å². The van der Waals surface area contributed by atoms with Crippen molar-refractivity contribution in [2.75, 3.05) is 7.11 Å². The molecule has 2 N–H and O–H groups in total. The second-order valence-electron chi connectivity index (χ2n) is 7.16. The predicted molar refractivity (Wildman–Crippen MR) is 94.2 cm³/mol. The first-order valence-corrected chi connectivity index (χ1v) is 8.54. The number of amides is 1. The first-order valence-electron chi connectivity index (χ1n) is 8.54. The van der Waals surface area contributed by atoms with Crippen LogP contribution >= 0.6 is 0 Å². The van der Waals surface area contributed by atoms with Crippen LogP contribution in [-0.4, -0.2) is 25.4 Å². The fourth-order valence-corrected chi connectivity index (χ4v) is 3.78. The summed E-state index contributed by atoms with van der Waals surface area (Å²) in [6.07, 6.45) is 7.12. The normalized spacial score (nSPS) is 31.6. The summed E-state index contributed by atoms with van der Waals surface area (Å²) in [7, 11) is 1.69. The maximum atomic E-state index is 11.2. The zero-order valence-corrected chi connectivity index (χ0v) is 15.5. The smallest absolute Gasteiger partial charge is 0.404 e. The molecule has 4 atom stereocenters. The summed E-state index contributed by atoms with van der Waals surface area (Å²) in [6.45, 7) is 10.9. The molecule has 1 amide bonds. The maximum Gasteiger partial charge on any atom is 0.404 e. The SMILES string of the molecule is CC[C@@]1(C)CCC(OC(N)=O)C(OC)C1/C(C)=C/CC=C(C)C. The van der Waals surface area contributed by atoms with E-state index in [2.05, 4.69) is 46.8 Å². The van der Waals surface area contributed by atoms with E-state index in [1.807, 2.05) is 0 Å². The van der Waals surface area contributed by atoms with Gasteiger partial charge in [0.05, 0.1) is 0 Å². The van der Waals surface area contributed by atoms with Crippen LogP contribution in [0.15, 0.2) is 23.3 Å². The van der Waals surface area contributed by atoms with Gasteiger partial charge in [-0.3, -0.25) is 0 Å². The molecule has 23 heavy (non-hydrogen) atoms. The number of primary amides is 1. The summed E-state index contributed by atoms with van der Waals surface area (Å²) < 4.78 is 11.1. The highest BCUT2D eigenvalue weighted by Crippen LogP contribution is 2.48. The number of methoxy groups -OCH3 is 1. The van der Waals surface area contributed by atoms with Gasteiger partial charge in [-0.1, -0.05) is 43.6 Å². The molecule has 0 radical (unpaired) electrons. The fourth-order valence-electron chi connectivity index (χ4n) is 3.78. The number of hydrogen-bond donors (Lipinski definition) is 1. The third kappa shape index (κ3) is 5.10. The van der Waals surface area contributed by atoms with Crippen LogP contribution in [0.5, 0.6) is 0 Å². The van der Waals surface area contributed by atoms with Crippen LogP contribution in [0.25, 0.3) is 0 Å². The molecule has 1 fully saturated rings. The first kappa shape index (κ1) is 19.8. The van der Waals surface area contributed by atoms with Gasteiger partial charge in [0.2, 0.25) is 0 Å². The molecule has 0 aromatic rings. The third-order valence-electron chi connectivity index (χ3n) is 5.25. The van der Waals surface area contributed by atoms with Crippen LogP contribution in [0, 0.1) is 11.3 Å². The zero-order chi connectivity index (χ0) is 17.6. The Labute approximate surface area is 141 Å². The fraction of sp³-hybridized carbons (Fsp3) is 0.737. The lowest BCUT2D eigenvalue weighted by Crippen LogP contribution is -2.51. The molecule has 0 bridgehead atoms. The molecule has 3 unspecified atom stereocenters. The van der Waals surface area contributed by atoms with Crippen molar-refractivity contribution in [3.8, 4) is 0 Å². The number of rotatable bonds is 6. The van der Waals surface area contributed by atoms with Gasteiger partial charge in [-0.25, -0.2) is 4.79 Å². The molecule has 0 spiro atoms. The van der Waals surface area contributed by atoms with Gasteiger partial charge in [-0.05, 0) is 45.4 Å². The summed E-state index contributed by atoms with van der Waals surface area (Å²) in [4.78, 5) is 11.2. The van der Waals surface area contributed by atoms with Gasteiger partial charge in [0.1, 0.15) is 12.2 Å². The van der Waals surface area contributed by atoms with Crippen molar-refractivity contribution in [2.24, 2.45) is 17.1 Å². The van der Waals surface area contributed by atoms with Crippen LogP contribution in [0.1, 0.15) is 60.3 Å². The van der Waals surface area contributed by atoms with Gasteiger partial charge in [0.25, 0.3) is 0 Å². The largest absolute Gasteiger partial charge is 0.444 e. The molecule has 0 aromatic carbocycles. The van der Waals surface area contributed by atoms with Gasteiger partial charge >= 0.3 is 6.09 Å². The summed E-state index contributed by atoms with van der Waals surface area (Å²) in [6, 6.07) is 0. The van der Waals surface area contributed by atoms with E-state index >= 15 is 0 Å². The highest BCUT2D eigenvalue weighted by molar-refractivity contribution is 5.64. The van der Waals surface area contributed by atoms with Crippen LogP contribution < -0.4 is 5.73 Å².